The first kappa shape index (κ1) is 35.6. The van der Waals surface area contributed by atoms with Gasteiger partial charge in [0.2, 0.25) is 0 Å². The van der Waals surface area contributed by atoms with Gasteiger partial charge in [-0.25, -0.2) is 0 Å². The highest BCUT2D eigenvalue weighted by Crippen LogP contribution is 2.49. The largest absolute Gasteiger partial charge is 0.309 e. The molecule has 0 saturated carbocycles. The van der Waals surface area contributed by atoms with Crippen molar-refractivity contribution in [2.24, 2.45) is 0 Å². The number of thiophene rings is 1. The van der Waals surface area contributed by atoms with Gasteiger partial charge in [0.1, 0.15) is 0 Å². The van der Waals surface area contributed by atoms with E-state index in [9.17, 15) is 0 Å². The van der Waals surface area contributed by atoms with Gasteiger partial charge in [-0.3, -0.25) is 0 Å². The van der Waals surface area contributed by atoms with Crippen LogP contribution in [-0.2, 0) is 0 Å². The Labute approximate surface area is 354 Å². The maximum atomic E-state index is 2.47. The topological polar surface area (TPSA) is 3.24 Å². The van der Waals surface area contributed by atoms with Gasteiger partial charge in [0.15, 0.2) is 0 Å². The van der Waals surface area contributed by atoms with E-state index in [2.05, 4.69) is 241 Å². The number of hydrogen-bond donors (Lipinski definition) is 0. The minimum absolute atomic E-state index is 1.09. The van der Waals surface area contributed by atoms with Crippen LogP contribution in [0.1, 0.15) is 0 Å². The SMILES string of the molecule is c1ccc(-c2ccc(-c3ccc(N(c4ccccc4-c4ccccc4-c4cccc5ccccc45)c4ccccc4-c4cccc5sc6ccccc6c45)cc3)cc2)cc1. The van der Waals surface area contributed by atoms with Crippen molar-refractivity contribution < 1.29 is 0 Å². The van der Waals surface area contributed by atoms with E-state index in [4.69, 9.17) is 0 Å². The molecule has 0 bridgehead atoms. The Morgan fingerprint density at radius 3 is 1.40 bits per heavy atom. The molecule has 0 N–H and O–H groups in total. The minimum Gasteiger partial charge on any atom is -0.309 e. The molecular formula is C58H39NS. The second-order valence-electron chi connectivity index (χ2n) is 15.2. The highest BCUT2D eigenvalue weighted by atomic mass is 32.1. The lowest BCUT2D eigenvalue weighted by Crippen LogP contribution is -2.12. The van der Waals surface area contributed by atoms with Gasteiger partial charge in [-0.1, -0.05) is 200 Å². The maximum Gasteiger partial charge on any atom is 0.0540 e. The van der Waals surface area contributed by atoms with Crippen molar-refractivity contribution in [1.29, 1.82) is 0 Å². The third kappa shape index (κ3) is 6.35. The molecule has 282 valence electrons. The lowest BCUT2D eigenvalue weighted by Gasteiger charge is -2.30. The summed E-state index contributed by atoms with van der Waals surface area (Å²) >= 11 is 1.86. The minimum atomic E-state index is 1.09. The average Bonchev–Trinajstić information content (AvgIpc) is 3.72. The van der Waals surface area contributed by atoms with Crippen molar-refractivity contribution in [2.45, 2.75) is 0 Å². The number of nitrogens with zero attached hydrogens (tertiary/aromatic N) is 1. The molecule has 1 heterocycles. The fraction of sp³-hybridized carbons (Fsp3) is 0. The highest BCUT2D eigenvalue weighted by Gasteiger charge is 2.23. The summed E-state index contributed by atoms with van der Waals surface area (Å²) in [7, 11) is 0. The van der Waals surface area contributed by atoms with Gasteiger partial charge in [-0.2, -0.15) is 0 Å². The molecule has 0 radical (unpaired) electrons. The Bertz CT molecular complexity index is 3300. The predicted molar refractivity (Wildman–Crippen MR) is 259 cm³/mol. The molecule has 0 saturated heterocycles. The summed E-state index contributed by atoms with van der Waals surface area (Å²) < 4.78 is 2.60. The number of rotatable bonds is 8. The number of hydrogen-bond acceptors (Lipinski definition) is 2. The molecule has 60 heavy (non-hydrogen) atoms. The van der Waals surface area contributed by atoms with E-state index in [1.807, 2.05) is 11.3 Å². The molecule has 0 atom stereocenters. The van der Waals surface area contributed by atoms with Crippen LogP contribution in [-0.4, -0.2) is 0 Å². The molecule has 0 amide bonds. The zero-order valence-electron chi connectivity index (χ0n) is 32.9. The van der Waals surface area contributed by atoms with Gasteiger partial charge in [-0.05, 0) is 91.7 Å². The van der Waals surface area contributed by atoms with Crippen molar-refractivity contribution in [3.63, 3.8) is 0 Å². The second kappa shape index (κ2) is 15.3. The van der Waals surface area contributed by atoms with Gasteiger partial charge in [-0.15, -0.1) is 11.3 Å². The molecule has 10 aromatic carbocycles. The maximum absolute atomic E-state index is 2.47. The molecule has 0 aliphatic carbocycles. The van der Waals surface area contributed by atoms with Crippen LogP contribution in [0.15, 0.2) is 237 Å². The standard InChI is InChI=1S/C58H39NS/c1-2-16-40(17-3-1)41-32-34-42(35-33-41)43-36-38-45(39-37-43)59(55-29-12-9-24-51(55)52-27-15-31-57-58(52)53-25-10-13-30-56(53)60-57)54-28-11-8-23-50(54)49-22-7-6-21-48(49)47-26-14-19-44-18-4-5-20-46(44)47/h1-39H. The molecule has 1 nitrogen and oxygen atoms in total. The first-order chi connectivity index (χ1) is 29.8. The van der Waals surface area contributed by atoms with E-state index < -0.39 is 0 Å². The Morgan fingerprint density at radius 1 is 0.267 bits per heavy atom. The first-order valence-electron chi connectivity index (χ1n) is 20.5. The molecule has 0 aliphatic rings. The first-order valence-corrected chi connectivity index (χ1v) is 21.3. The smallest absolute Gasteiger partial charge is 0.0540 e. The molecule has 0 aliphatic heterocycles. The summed E-state index contributed by atoms with van der Waals surface area (Å²) in [4.78, 5) is 2.47. The Kier molecular flexibility index (Phi) is 9.11. The molecule has 11 rings (SSSR count). The number of anilines is 3. The van der Waals surface area contributed by atoms with Gasteiger partial charge >= 0.3 is 0 Å². The molecule has 1 aromatic heterocycles. The van der Waals surface area contributed by atoms with Gasteiger partial charge < -0.3 is 4.90 Å². The Balaban J connectivity index is 1.11. The van der Waals surface area contributed by atoms with Crippen LogP contribution in [0.4, 0.5) is 17.1 Å². The van der Waals surface area contributed by atoms with Crippen molar-refractivity contribution in [1.82, 2.24) is 0 Å². The van der Waals surface area contributed by atoms with E-state index in [-0.39, 0.29) is 0 Å². The number of benzene rings is 10. The Morgan fingerprint density at radius 2 is 0.700 bits per heavy atom. The second-order valence-corrected chi connectivity index (χ2v) is 16.3. The lowest BCUT2D eigenvalue weighted by molar-refractivity contribution is 1.28. The summed E-state index contributed by atoms with van der Waals surface area (Å²) in [5, 5.41) is 5.07. The van der Waals surface area contributed by atoms with E-state index in [1.165, 1.54) is 81.0 Å². The Hall–Kier alpha value is -7.52. The molecule has 11 aromatic rings. The molecular weight excluding hydrogens is 743 g/mol. The zero-order valence-corrected chi connectivity index (χ0v) is 33.7. The van der Waals surface area contributed by atoms with Gasteiger partial charge in [0.25, 0.3) is 0 Å². The van der Waals surface area contributed by atoms with Gasteiger partial charge in [0, 0.05) is 37.0 Å². The van der Waals surface area contributed by atoms with Crippen molar-refractivity contribution in [3.05, 3.63) is 237 Å². The number of fused-ring (bicyclic) bond motifs is 4. The van der Waals surface area contributed by atoms with E-state index in [0.29, 0.717) is 0 Å². The van der Waals surface area contributed by atoms with Crippen molar-refractivity contribution >= 4 is 59.3 Å². The fourth-order valence-corrected chi connectivity index (χ4v) is 10.0. The van der Waals surface area contributed by atoms with Crippen LogP contribution in [0.25, 0.3) is 86.6 Å². The van der Waals surface area contributed by atoms with E-state index in [0.717, 1.165) is 22.6 Å². The summed E-state index contributed by atoms with van der Waals surface area (Å²) in [6.07, 6.45) is 0. The summed E-state index contributed by atoms with van der Waals surface area (Å²) in [5.74, 6) is 0. The van der Waals surface area contributed by atoms with Crippen LogP contribution in [0.2, 0.25) is 0 Å². The predicted octanol–water partition coefficient (Wildman–Crippen LogP) is 17.0. The van der Waals surface area contributed by atoms with Crippen LogP contribution in [0, 0.1) is 0 Å². The third-order valence-electron chi connectivity index (χ3n) is 11.7. The number of para-hydroxylation sites is 2. The highest BCUT2D eigenvalue weighted by molar-refractivity contribution is 7.25. The van der Waals surface area contributed by atoms with E-state index >= 15 is 0 Å². The molecule has 0 unspecified atom stereocenters. The van der Waals surface area contributed by atoms with E-state index in [1.54, 1.807) is 0 Å². The quantitative estimate of drug-likeness (QED) is 0.148. The lowest BCUT2D eigenvalue weighted by atomic mass is 9.90. The zero-order chi connectivity index (χ0) is 39.8. The average molecular weight is 782 g/mol. The summed E-state index contributed by atoms with van der Waals surface area (Å²) in [5.41, 5.74) is 15.3. The fourth-order valence-electron chi connectivity index (χ4n) is 8.90. The third-order valence-corrected chi connectivity index (χ3v) is 12.9. The monoisotopic (exact) mass is 781 g/mol. The van der Waals surface area contributed by atoms with Crippen molar-refractivity contribution in [3.8, 4) is 55.6 Å². The summed E-state index contributed by atoms with van der Waals surface area (Å²) in [6.45, 7) is 0. The molecule has 0 fully saturated rings. The van der Waals surface area contributed by atoms with Crippen LogP contribution in [0.3, 0.4) is 0 Å². The van der Waals surface area contributed by atoms with Crippen LogP contribution in [0.5, 0.6) is 0 Å². The van der Waals surface area contributed by atoms with Crippen molar-refractivity contribution in [2.75, 3.05) is 4.90 Å². The summed E-state index contributed by atoms with van der Waals surface area (Å²) in [6, 6.07) is 86.2. The molecule has 2 heteroatoms. The molecule has 0 spiro atoms. The van der Waals surface area contributed by atoms with Gasteiger partial charge in [0.05, 0.1) is 11.4 Å². The van der Waals surface area contributed by atoms with Crippen LogP contribution >= 0.6 is 11.3 Å². The normalized spacial score (nSPS) is 11.3. The van der Waals surface area contributed by atoms with Crippen LogP contribution < -0.4 is 4.90 Å².